The third-order valence-corrected chi connectivity index (χ3v) is 5.75. The molecule has 0 aliphatic carbocycles. The number of aryl methyl sites for hydroxylation is 1. The number of carbonyl (C=O) groups is 2. The van der Waals surface area contributed by atoms with Crippen LogP contribution in [0.25, 0.3) is 0 Å². The van der Waals surface area contributed by atoms with Crippen molar-refractivity contribution >= 4 is 23.4 Å². The van der Waals surface area contributed by atoms with Crippen LogP contribution in [-0.2, 0) is 22.6 Å². The van der Waals surface area contributed by atoms with Crippen LogP contribution in [0, 0.1) is 0 Å². The van der Waals surface area contributed by atoms with Crippen LogP contribution in [-0.4, -0.2) is 35.4 Å². The van der Waals surface area contributed by atoms with E-state index in [1.165, 1.54) is 5.56 Å². The zero-order chi connectivity index (χ0) is 22.8. The molecular weight excluding hydrogens is 412 g/mol. The van der Waals surface area contributed by atoms with Gasteiger partial charge in [-0.2, -0.15) is 0 Å². The fourth-order valence-electron chi connectivity index (χ4n) is 3.22. The molecule has 168 valence electrons. The summed E-state index contributed by atoms with van der Waals surface area (Å²) in [7, 11) is 0. The van der Waals surface area contributed by atoms with Crippen LogP contribution in [0.5, 0.6) is 5.75 Å². The second-order valence-electron chi connectivity index (χ2n) is 7.64. The summed E-state index contributed by atoms with van der Waals surface area (Å²) in [6.07, 6.45) is 2.25. The molecule has 0 saturated carbocycles. The quantitative estimate of drug-likeness (QED) is 0.530. The van der Waals surface area contributed by atoms with Gasteiger partial charge in [0.15, 0.2) is 6.61 Å². The molecule has 31 heavy (non-hydrogen) atoms. The average molecular weight is 445 g/mol. The number of carbonyl (C=O) groups excluding carboxylic acids is 2. The van der Waals surface area contributed by atoms with Crippen LogP contribution in [0.4, 0.5) is 0 Å². The van der Waals surface area contributed by atoms with Gasteiger partial charge in [0.05, 0.1) is 0 Å². The largest absolute Gasteiger partial charge is 0.484 e. The first-order valence-electron chi connectivity index (χ1n) is 10.9. The van der Waals surface area contributed by atoms with Crippen LogP contribution in [0.3, 0.4) is 0 Å². The average Bonchev–Trinajstić information content (AvgIpc) is 2.78. The van der Waals surface area contributed by atoms with Gasteiger partial charge >= 0.3 is 0 Å². The van der Waals surface area contributed by atoms with E-state index in [-0.39, 0.29) is 31.0 Å². The molecule has 2 rings (SSSR count). The molecule has 2 atom stereocenters. The van der Waals surface area contributed by atoms with Gasteiger partial charge in [-0.1, -0.05) is 62.7 Å². The Labute approximate surface area is 190 Å². The van der Waals surface area contributed by atoms with Gasteiger partial charge in [-0.25, -0.2) is 0 Å². The highest BCUT2D eigenvalue weighted by Crippen LogP contribution is 2.20. The molecule has 1 N–H and O–H groups in total. The standard InChI is InChI=1S/C25H33ClN2O3/c1-5-18(4)27-25(30)23(7-3)28(16-20-10-8-9-11-22(20)26)24(29)17-31-21-14-12-19(6-2)13-15-21/h8-15,18,23H,5-7,16-17H2,1-4H3,(H,27,30)/t18-,23-/m1/s1. The smallest absolute Gasteiger partial charge is 0.261 e. The van der Waals surface area contributed by atoms with Crippen LogP contribution < -0.4 is 10.1 Å². The van der Waals surface area contributed by atoms with E-state index in [2.05, 4.69) is 12.2 Å². The summed E-state index contributed by atoms with van der Waals surface area (Å²) in [6.45, 7) is 8.04. The predicted octanol–water partition coefficient (Wildman–Crippen LogP) is 5.00. The Hall–Kier alpha value is -2.53. The van der Waals surface area contributed by atoms with Crippen molar-refractivity contribution < 1.29 is 14.3 Å². The number of nitrogens with zero attached hydrogens (tertiary/aromatic N) is 1. The topological polar surface area (TPSA) is 58.6 Å². The van der Waals surface area contributed by atoms with Crippen molar-refractivity contribution in [2.24, 2.45) is 0 Å². The highest BCUT2D eigenvalue weighted by atomic mass is 35.5. The minimum Gasteiger partial charge on any atom is -0.484 e. The molecule has 0 heterocycles. The number of rotatable bonds is 11. The molecule has 5 nitrogen and oxygen atoms in total. The van der Waals surface area contributed by atoms with E-state index in [1.807, 2.05) is 63.2 Å². The molecule has 0 aromatic heterocycles. The number of ether oxygens (including phenoxy) is 1. The molecule has 0 fully saturated rings. The fourth-order valence-corrected chi connectivity index (χ4v) is 3.42. The summed E-state index contributed by atoms with van der Waals surface area (Å²) >= 11 is 6.34. The Morgan fingerprint density at radius 2 is 1.71 bits per heavy atom. The number of hydrogen-bond donors (Lipinski definition) is 1. The van der Waals surface area contributed by atoms with E-state index in [9.17, 15) is 9.59 Å². The Kier molecular flexibility index (Phi) is 9.86. The number of nitrogens with one attached hydrogen (secondary N) is 1. The second kappa shape index (κ2) is 12.4. The van der Waals surface area contributed by atoms with E-state index in [0.717, 1.165) is 18.4 Å². The zero-order valence-corrected chi connectivity index (χ0v) is 19.6. The summed E-state index contributed by atoms with van der Waals surface area (Å²) in [5, 5.41) is 3.56. The van der Waals surface area contributed by atoms with Crippen molar-refractivity contribution in [2.45, 2.75) is 65.6 Å². The SMILES string of the molecule is CCc1ccc(OCC(=O)N(Cc2ccccc2Cl)[C@H](CC)C(=O)N[C@H](C)CC)cc1. The molecule has 6 heteroatoms. The summed E-state index contributed by atoms with van der Waals surface area (Å²) in [4.78, 5) is 27.7. The normalized spacial score (nSPS) is 12.7. The molecule has 2 amide bonds. The van der Waals surface area contributed by atoms with E-state index < -0.39 is 6.04 Å². The predicted molar refractivity (Wildman–Crippen MR) is 125 cm³/mol. The third kappa shape index (κ3) is 7.28. The van der Waals surface area contributed by atoms with Gasteiger partial charge in [0.1, 0.15) is 11.8 Å². The van der Waals surface area contributed by atoms with Crippen LogP contribution >= 0.6 is 11.6 Å². The molecule has 0 aliphatic rings. The lowest BCUT2D eigenvalue weighted by Gasteiger charge is -2.31. The van der Waals surface area contributed by atoms with E-state index in [4.69, 9.17) is 16.3 Å². The maximum atomic E-state index is 13.2. The molecule has 0 saturated heterocycles. The molecule has 2 aromatic rings. The lowest BCUT2D eigenvalue weighted by molar-refractivity contribution is -0.143. The Balaban J connectivity index is 2.20. The minimum atomic E-state index is -0.608. The maximum Gasteiger partial charge on any atom is 0.261 e. The van der Waals surface area contributed by atoms with Crippen LogP contribution in [0.1, 0.15) is 51.7 Å². The number of hydrogen-bond acceptors (Lipinski definition) is 3. The van der Waals surface area contributed by atoms with Gasteiger partial charge in [0, 0.05) is 17.6 Å². The Morgan fingerprint density at radius 3 is 2.29 bits per heavy atom. The number of benzene rings is 2. The Morgan fingerprint density at radius 1 is 1.03 bits per heavy atom. The van der Waals surface area contributed by atoms with E-state index in [1.54, 1.807) is 11.0 Å². The summed E-state index contributed by atoms with van der Waals surface area (Å²) in [5.74, 6) is 0.204. The molecular formula is C25H33ClN2O3. The van der Waals surface area contributed by atoms with E-state index >= 15 is 0 Å². The van der Waals surface area contributed by atoms with Gasteiger partial charge in [-0.3, -0.25) is 9.59 Å². The maximum absolute atomic E-state index is 13.2. The molecule has 0 aliphatic heterocycles. The summed E-state index contributed by atoms with van der Waals surface area (Å²) in [5.41, 5.74) is 1.99. The van der Waals surface area contributed by atoms with Crippen molar-refractivity contribution in [3.8, 4) is 5.75 Å². The Bertz CT molecular complexity index is 854. The number of halogens is 1. The van der Waals surface area contributed by atoms with Crippen molar-refractivity contribution in [2.75, 3.05) is 6.61 Å². The van der Waals surface area contributed by atoms with Crippen molar-refractivity contribution in [3.63, 3.8) is 0 Å². The molecule has 0 unspecified atom stereocenters. The van der Waals surface area contributed by atoms with Gasteiger partial charge in [-0.15, -0.1) is 0 Å². The van der Waals surface area contributed by atoms with Gasteiger partial charge in [0.25, 0.3) is 5.91 Å². The fraction of sp³-hybridized carbons (Fsp3) is 0.440. The lowest BCUT2D eigenvalue weighted by Crippen LogP contribution is -2.51. The van der Waals surface area contributed by atoms with Crippen molar-refractivity contribution in [3.05, 3.63) is 64.7 Å². The summed E-state index contributed by atoms with van der Waals surface area (Å²) < 4.78 is 5.74. The number of amides is 2. The van der Waals surface area contributed by atoms with E-state index in [0.29, 0.717) is 17.2 Å². The first-order valence-corrected chi connectivity index (χ1v) is 11.3. The van der Waals surface area contributed by atoms with Crippen molar-refractivity contribution in [1.29, 1.82) is 0 Å². The third-order valence-electron chi connectivity index (χ3n) is 5.38. The molecule has 2 aromatic carbocycles. The van der Waals surface area contributed by atoms with Gasteiger partial charge in [0.2, 0.25) is 5.91 Å². The molecule has 0 spiro atoms. The monoisotopic (exact) mass is 444 g/mol. The first-order chi connectivity index (χ1) is 14.9. The molecule has 0 bridgehead atoms. The highest BCUT2D eigenvalue weighted by Gasteiger charge is 2.30. The second-order valence-corrected chi connectivity index (χ2v) is 8.05. The molecule has 0 radical (unpaired) electrons. The minimum absolute atomic E-state index is 0.0344. The van der Waals surface area contributed by atoms with Gasteiger partial charge in [-0.05, 0) is 55.5 Å². The zero-order valence-electron chi connectivity index (χ0n) is 18.9. The van der Waals surface area contributed by atoms with Crippen molar-refractivity contribution in [1.82, 2.24) is 10.2 Å². The highest BCUT2D eigenvalue weighted by molar-refractivity contribution is 6.31. The van der Waals surface area contributed by atoms with Crippen LogP contribution in [0.15, 0.2) is 48.5 Å². The summed E-state index contributed by atoms with van der Waals surface area (Å²) in [6, 6.07) is 14.5. The lowest BCUT2D eigenvalue weighted by atomic mass is 10.1. The van der Waals surface area contributed by atoms with Crippen LogP contribution in [0.2, 0.25) is 5.02 Å². The first kappa shape index (κ1) is 24.7. The van der Waals surface area contributed by atoms with Gasteiger partial charge < -0.3 is 15.0 Å².